The zero-order valence-electron chi connectivity index (χ0n) is 11.9. The Bertz CT molecular complexity index is 583. The van der Waals surface area contributed by atoms with E-state index in [1.807, 2.05) is 54.6 Å². The summed E-state index contributed by atoms with van der Waals surface area (Å²) in [6, 6.07) is 17.1. The number of rotatable bonds is 2. The van der Waals surface area contributed by atoms with E-state index in [1.165, 1.54) is 0 Å². The van der Waals surface area contributed by atoms with Crippen LogP contribution in [0.5, 0.6) is 5.75 Å². The number of aliphatic imine (C=N–C) groups is 1. The number of nitrogens with zero attached hydrogens (tertiary/aromatic N) is 1. The van der Waals surface area contributed by atoms with Gasteiger partial charge in [0.25, 0.3) is 0 Å². The summed E-state index contributed by atoms with van der Waals surface area (Å²) in [5, 5.41) is 0.699. The molecule has 0 aliphatic heterocycles. The van der Waals surface area contributed by atoms with Crippen molar-refractivity contribution in [1.29, 1.82) is 0 Å². The molecule has 3 heteroatoms. The maximum absolute atomic E-state index is 5.93. The minimum atomic E-state index is -0.185. The standard InChI is InChI=1S/C17H18ClNO/c1-17(2,3)16(20-15-7-5-4-6-8-15)19-14-11-9-13(18)10-12-14/h4-12H,1-3H3. The van der Waals surface area contributed by atoms with Crippen LogP contribution in [0.25, 0.3) is 0 Å². The molecule has 2 rings (SSSR count). The summed E-state index contributed by atoms with van der Waals surface area (Å²) in [6.45, 7) is 6.22. The number of halogens is 1. The van der Waals surface area contributed by atoms with Crippen LogP contribution in [0.3, 0.4) is 0 Å². The summed E-state index contributed by atoms with van der Waals surface area (Å²) in [4.78, 5) is 4.60. The Morgan fingerprint density at radius 2 is 1.55 bits per heavy atom. The fourth-order valence-corrected chi connectivity index (χ4v) is 1.70. The second-order valence-corrected chi connectivity index (χ2v) is 5.99. The third-order valence-corrected chi connectivity index (χ3v) is 2.91. The number of ether oxygens (including phenoxy) is 1. The zero-order chi connectivity index (χ0) is 14.6. The fourth-order valence-electron chi connectivity index (χ4n) is 1.58. The van der Waals surface area contributed by atoms with Crippen LogP contribution < -0.4 is 4.74 Å². The number of hydrogen-bond acceptors (Lipinski definition) is 2. The molecule has 0 N–H and O–H groups in total. The first-order chi connectivity index (χ1) is 9.45. The molecule has 0 amide bonds. The van der Waals surface area contributed by atoms with Crippen molar-refractivity contribution in [2.75, 3.05) is 0 Å². The van der Waals surface area contributed by atoms with Crippen LogP contribution in [-0.2, 0) is 0 Å². The van der Waals surface area contributed by atoms with Crippen LogP contribution in [0.1, 0.15) is 20.8 Å². The van der Waals surface area contributed by atoms with Crippen LogP contribution in [-0.4, -0.2) is 5.90 Å². The molecule has 0 saturated carbocycles. The maximum Gasteiger partial charge on any atom is 0.200 e. The summed E-state index contributed by atoms with van der Waals surface area (Å²) in [7, 11) is 0. The zero-order valence-corrected chi connectivity index (χ0v) is 12.7. The van der Waals surface area contributed by atoms with E-state index >= 15 is 0 Å². The lowest BCUT2D eigenvalue weighted by Gasteiger charge is -2.21. The Balaban J connectivity index is 2.31. The van der Waals surface area contributed by atoms with E-state index < -0.39 is 0 Å². The second-order valence-electron chi connectivity index (χ2n) is 5.56. The van der Waals surface area contributed by atoms with Gasteiger partial charge >= 0.3 is 0 Å². The average Bonchev–Trinajstić information content (AvgIpc) is 2.40. The largest absolute Gasteiger partial charge is 0.442 e. The highest BCUT2D eigenvalue weighted by molar-refractivity contribution is 6.30. The van der Waals surface area contributed by atoms with Gasteiger partial charge in [-0.15, -0.1) is 0 Å². The maximum atomic E-state index is 5.93. The van der Waals surface area contributed by atoms with E-state index in [0.29, 0.717) is 10.9 Å². The minimum absolute atomic E-state index is 0.185. The first-order valence-electron chi connectivity index (χ1n) is 6.53. The summed E-state index contributed by atoms with van der Waals surface area (Å²) >= 11 is 5.89. The molecule has 0 saturated heterocycles. The van der Waals surface area contributed by atoms with E-state index in [-0.39, 0.29) is 5.41 Å². The van der Waals surface area contributed by atoms with Crippen molar-refractivity contribution in [3.63, 3.8) is 0 Å². The third-order valence-electron chi connectivity index (χ3n) is 2.66. The van der Waals surface area contributed by atoms with E-state index in [9.17, 15) is 0 Å². The molecule has 0 radical (unpaired) electrons. The molecule has 0 atom stereocenters. The molecule has 0 heterocycles. The van der Waals surface area contributed by atoms with Gasteiger partial charge in [0.1, 0.15) is 5.75 Å². The molecule has 2 aromatic carbocycles. The molecule has 0 spiro atoms. The van der Waals surface area contributed by atoms with E-state index in [2.05, 4.69) is 25.8 Å². The SMILES string of the molecule is CC(C)(C)C(=Nc1ccc(Cl)cc1)Oc1ccccc1. The molecule has 0 unspecified atom stereocenters. The summed E-state index contributed by atoms with van der Waals surface area (Å²) in [5.74, 6) is 1.46. The topological polar surface area (TPSA) is 21.6 Å². The van der Waals surface area contributed by atoms with Gasteiger partial charge in [-0.1, -0.05) is 50.6 Å². The van der Waals surface area contributed by atoms with Crippen molar-refractivity contribution in [3.05, 3.63) is 59.6 Å². The predicted octanol–water partition coefficient (Wildman–Crippen LogP) is 5.50. The van der Waals surface area contributed by atoms with Gasteiger partial charge in [0.15, 0.2) is 0 Å². The monoisotopic (exact) mass is 287 g/mol. The van der Waals surface area contributed by atoms with Gasteiger partial charge in [-0.2, -0.15) is 0 Å². The van der Waals surface area contributed by atoms with Crippen molar-refractivity contribution in [1.82, 2.24) is 0 Å². The molecule has 0 bridgehead atoms. The highest BCUT2D eigenvalue weighted by Crippen LogP contribution is 2.24. The minimum Gasteiger partial charge on any atom is -0.442 e. The smallest absolute Gasteiger partial charge is 0.200 e. The quantitative estimate of drug-likeness (QED) is 0.528. The van der Waals surface area contributed by atoms with E-state index in [0.717, 1.165) is 11.4 Å². The van der Waals surface area contributed by atoms with Gasteiger partial charge in [0.2, 0.25) is 5.90 Å². The van der Waals surface area contributed by atoms with E-state index in [1.54, 1.807) is 0 Å². The Hall–Kier alpha value is -1.80. The molecule has 0 aromatic heterocycles. The van der Waals surface area contributed by atoms with Gasteiger partial charge in [0.05, 0.1) is 5.69 Å². The molecular formula is C17H18ClNO. The van der Waals surface area contributed by atoms with Crippen LogP contribution >= 0.6 is 11.6 Å². The highest BCUT2D eigenvalue weighted by atomic mass is 35.5. The highest BCUT2D eigenvalue weighted by Gasteiger charge is 2.21. The van der Waals surface area contributed by atoms with Crippen LogP contribution in [0, 0.1) is 5.41 Å². The molecule has 2 aromatic rings. The molecule has 0 aliphatic carbocycles. The molecule has 2 nitrogen and oxygen atoms in total. The normalized spacial score (nSPS) is 12.3. The van der Waals surface area contributed by atoms with Crippen molar-refractivity contribution in [2.45, 2.75) is 20.8 Å². The van der Waals surface area contributed by atoms with Crippen molar-refractivity contribution >= 4 is 23.2 Å². The second kappa shape index (κ2) is 6.10. The van der Waals surface area contributed by atoms with Gasteiger partial charge in [-0.25, -0.2) is 4.99 Å². The fraction of sp³-hybridized carbons (Fsp3) is 0.235. The predicted molar refractivity (Wildman–Crippen MR) is 85.1 cm³/mol. The molecule has 20 heavy (non-hydrogen) atoms. The molecular weight excluding hydrogens is 270 g/mol. The summed E-state index contributed by atoms with van der Waals surface area (Å²) in [6.07, 6.45) is 0. The average molecular weight is 288 g/mol. The van der Waals surface area contributed by atoms with Crippen molar-refractivity contribution in [3.8, 4) is 5.75 Å². The Morgan fingerprint density at radius 3 is 2.10 bits per heavy atom. The lowest BCUT2D eigenvalue weighted by Crippen LogP contribution is -2.26. The number of benzene rings is 2. The van der Waals surface area contributed by atoms with Crippen molar-refractivity contribution in [2.24, 2.45) is 10.4 Å². The summed E-state index contributed by atoms with van der Waals surface area (Å²) < 4.78 is 5.93. The molecule has 0 fully saturated rings. The Kier molecular flexibility index (Phi) is 4.46. The number of hydrogen-bond donors (Lipinski definition) is 0. The lowest BCUT2D eigenvalue weighted by atomic mass is 9.96. The summed E-state index contributed by atoms with van der Waals surface area (Å²) in [5.41, 5.74) is 0.644. The number of para-hydroxylation sites is 1. The van der Waals surface area contributed by atoms with Gasteiger partial charge < -0.3 is 4.74 Å². The first kappa shape index (κ1) is 14.6. The van der Waals surface area contributed by atoms with Crippen LogP contribution in [0.2, 0.25) is 5.02 Å². The Labute approximate surface area is 125 Å². The van der Waals surface area contributed by atoms with Crippen LogP contribution in [0.15, 0.2) is 59.6 Å². The van der Waals surface area contributed by atoms with Gasteiger partial charge in [-0.05, 0) is 36.4 Å². The lowest BCUT2D eigenvalue weighted by molar-refractivity contribution is 0.434. The Morgan fingerprint density at radius 1 is 0.950 bits per heavy atom. The van der Waals surface area contributed by atoms with Crippen molar-refractivity contribution < 1.29 is 4.74 Å². The molecule has 104 valence electrons. The third kappa shape index (κ3) is 4.10. The first-order valence-corrected chi connectivity index (χ1v) is 6.90. The van der Waals surface area contributed by atoms with Gasteiger partial charge in [0, 0.05) is 10.4 Å². The van der Waals surface area contributed by atoms with E-state index in [4.69, 9.17) is 16.3 Å². The van der Waals surface area contributed by atoms with Crippen LogP contribution in [0.4, 0.5) is 5.69 Å². The van der Waals surface area contributed by atoms with Gasteiger partial charge in [-0.3, -0.25) is 0 Å². The molecule has 0 aliphatic rings.